The first-order valence-electron chi connectivity index (χ1n) is 10.5. The van der Waals surface area contributed by atoms with Gasteiger partial charge in [0, 0.05) is 45.2 Å². The van der Waals surface area contributed by atoms with Crippen molar-refractivity contribution in [2.24, 2.45) is 4.99 Å². The van der Waals surface area contributed by atoms with Crippen molar-refractivity contribution in [3.63, 3.8) is 0 Å². The zero-order valence-corrected chi connectivity index (χ0v) is 19.2. The van der Waals surface area contributed by atoms with Gasteiger partial charge in [0.05, 0.1) is 6.10 Å². The molecule has 7 heteroatoms. The molecule has 2 rings (SSSR count). The Kier molecular flexibility index (Phi) is 14.5. The minimum Gasteiger partial charge on any atom is -0.378 e. The molecule has 0 spiro atoms. The number of hydrogen-bond donors (Lipinski definition) is 2. The summed E-state index contributed by atoms with van der Waals surface area (Å²) in [7, 11) is 0. The highest BCUT2D eigenvalue weighted by atomic mass is 127. The third-order valence-corrected chi connectivity index (χ3v) is 4.74. The van der Waals surface area contributed by atoms with Crippen LogP contribution in [0, 0.1) is 0 Å². The van der Waals surface area contributed by atoms with Gasteiger partial charge >= 0.3 is 0 Å². The number of nitrogens with one attached hydrogen (secondary N) is 2. The molecule has 0 atom stereocenters. The number of hydrogen-bond acceptors (Lipinski definition) is 3. The number of guanidine groups is 1. The Bertz CT molecular complexity index is 473. The Morgan fingerprint density at radius 2 is 1.96 bits per heavy atom. The summed E-state index contributed by atoms with van der Waals surface area (Å²) in [4.78, 5) is 4.64. The van der Waals surface area contributed by atoms with Crippen LogP contribution < -0.4 is 10.6 Å². The lowest BCUT2D eigenvalue weighted by Gasteiger charge is -2.15. The van der Waals surface area contributed by atoms with Crippen LogP contribution in [0.15, 0.2) is 23.5 Å². The average molecular weight is 491 g/mol. The Morgan fingerprint density at radius 3 is 2.67 bits per heavy atom. The number of aliphatic imine (C=N–C) groups is 1. The summed E-state index contributed by atoms with van der Waals surface area (Å²) in [6, 6.07) is 1.95. The maximum Gasteiger partial charge on any atom is 0.191 e. The number of rotatable bonds is 11. The van der Waals surface area contributed by atoms with Crippen molar-refractivity contribution >= 4 is 29.9 Å². The fourth-order valence-corrected chi connectivity index (χ4v) is 3.29. The summed E-state index contributed by atoms with van der Waals surface area (Å²) < 4.78 is 8.00. The summed E-state index contributed by atoms with van der Waals surface area (Å²) in [5.41, 5.74) is 0. The van der Waals surface area contributed by atoms with E-state index in [-0.39, 0.29) is 24.0 Å². The topological polar surface area (TPSA) is 63.5 Å². The van der Waals surface area contributed by atoms with Crippen molar-refractivity contribution in [1.29, 1.82) is 0 Å². The normalized spacial score (nSPS) is 15.8. The van der Waals surface area contributed by atoms with E-state index in [0.717, 1.165) is 58.0 Å². The first-order chi connectivity index (χ1) is 12.9. The first-order valence-corrected chi connectivity index (χ1v) is 10.5. The van der Waals surface area contributed by atoms with Crippen LogP contribution in [0.25, 0.3) is 0 Å². The number of halogens is 1. The van der Waals surface area contributed by atoms with E-state index in [0.29, 0.717) is 6.10 Å². The summed E-state index contributed by atoms with van der Waals surface area (Å²) in [5, 5.41) is 10.9. The van der Waals surface area contributed by atoms with Crippen LogP contribution >= 0.6 is 24.0 Å². The van der Waals surface area contributed by atoms with Crippen molar-refractivity contribution in [3.05, 3.63) is 18.5 Å². The van der Waals surface area contributed by atoms with Crippen LogP contribution in [0.4, 0.5) is 0 Å². The third-order valence-electron chi connectivity index (χ3n) is 4.74. The molecule has 6 nitrogen and oxygen atoms in total. The van der Waals surface area contributed by atoms with Crippen molar-refractivity contribution < 1.29 is 4.74 Å². The van der Waals surface area contributed by atoms with Gasteiger partial charge < -0.3 is 15.4 Å². The minimum absolute atomic E-state index is 0. The van der Waals surface area contributed by atoms with E-state index in [1.807, 2.05) is 23.1 Å². The van der Waals surface area contributed by atoms with Crippen molar-refractivity contribution in [2.75, 3.05) is 26.2 Å². The van der Waals surface area contributed by atoms with E-state index < -0.39 is 0 Å². The summed E-state index contributed by atoms with van der Waals surface area (Å²) in [5.74, 6) is 0.914. The SMILES string of the molecule is CCNC(=NCCCn1cccn1)NCCCCOC1CCCCCC1.I. The number of aromatic nitrogens is 2. The molecule has 1 aliphatic carbocycles. The lowest BCUT2D eigenvalue weighted by atomic mass is 10.1. The van der Waals surface area contributed by atoms with Crippen LogP contribution in [-0.2, 0) is 11.3 Å². The Hall–Kier alpha value is -0.830. The second kappa shape index (κ2) is 16.2. The van der Waals surface area contributed by atoms with Crippen molar-refractivity contribution in [3.8, 4) is 0 Å². The predicted octanol–water partition coefficient (Wildman–Crippen LogP) is 3.97. The van der Waals surface area contributed by atoms with Gasteiger partial charge in [-0.3, -0.25) is 9.67 Å². The van der Waals surface area contributed by atoms with E-state index in [4.69, 9.17) is 4.74 Å². The van der Waals surface area contributed by atoms with Gasteiger partial charge in [-0.1, -0.05) is 25.7 Å². The standard InChI is InChI=1S/C20H37N5O.HI/c1-2-21-20(23-14-9-16-25-17-10-15-24-25)22-13-7-8-18-26-19-11-5-3-4-6-12-19;/h10,15,17,19H,2-9,11-14,16,18H2,1H3,(H2,21,22,23);1H. The molecular formula is C20H38IN5O. The zero-order chi connectivity index (χ0) is 18.3. The lowest BCUT2D eigenvalue weighted by molar-refractivity contribution is 0.0411. The van der Waals surface area contributed by atoms with E-state index in [2.05, 4.69) is 27.6 Å². The van der Waals surface area contributed by atoms with Gasteiger partial charge in [-0.05, 0) is 45.1 Å². The molecule has 0 radical (unpaired) electrons. The van der Waals surface area contributed by atoms with Gasteiger partial charge in [-0.25, -0.2) is 0 Å². The monoisotopic (exact) mass is 491 g/mol. The van der Waals surface area contributed by atoms with Gasteiger partial charge in [0.15, 0.2) is 5.96 Å². The molecule has 156 valence electrons. The quantitative estimate of drug-likeness (QED) is 0.162. The molecule has 1 fully saturated rings. The molecule has 0 aliphatic heterocycles. The maximum atomic E-state index is 6.05. The molecule has 0 aromatic carbocycles. The molecule has 0 amide bonds. The predicted molar refractivity (Wildman–Crippen MR) is 123 cm³/mol. The summed E-state index contributed by atoms with van der Waals surface area (Å²) in [6.07, 6.45) is 15.5. The second-order valence-corrected chi connectivity index (χ2v) is 7.00. The van der Waals surface area contributed by atoms with Crippen molar-refractivity contribution in [1.82, 2.24) is 20.4 Å². The first kappa shape index (κ1) is 24.2. The average Bonchev–Trinajstić information content (AvgIpc) is 3.03. The van der Waals surface area contributed by atoms with E-state index >= 15 is 0 Å². The lowest BCUT2D eigenvalue weighted by Crippen LogP contribution is -2.38. The Morgan fingerprint density at radius 1 is 1.15 bits per heavy atom. The Labute approximate surface area is 181 Å². The van der Waals surface area contributed by atoms with Crippen LogP contribution in [0.5, 0.6) is 0 Å². The maximum absolute atomic E-state index is 6.05. The zero-order valence-electron chi connectivity index (χ0n) is 16.9. The second-order valence-electron chi connectivity index (χ2n) is 7.00. The fourth-order valence-electron chi connectivity index (χ4n) is 3.29. The molecule has 1 aliphatic rings. The van der Waals surface area contributed by atoms with Crippen LogP contribution in [0.1, 0.15) is 64.7 Å². The summed E-state index contributed by atoms with van der Waals surface area (Å²) in [6.45, 7) is 6.54. The van der Waals surface area contributed by atoms with Gasteiger partial charge in [0.25, 0.3) is 0 Å². The highest BCUT2D eigenvalue weighted by molar-refractivity contribution is 14.0. The number of ether oxygens (including phenoxy) is 1. The largest absolute Gasteiger partial charge is 0.378 e. The van der Waals surface area contributed by atoms with Gasteiger partial charge in [-0.2, -0.15) is 5.10 Å². The molecule has 27 heavy (non-hydrogen) atoms. The number of nitrogens with zero attached hydrogens (tertiary/aromatic N) is 3. The molecule has 1 aromatic rings. The van der Waals surface area contributed by atoms with Gasteiger partial charge in [0.2, 0.25) is 0 Å². The summed E-state index contributed by atoms with van der Waals surface area (Å²) >= 11 is 0. The highest BCUT2D eigenvalue weighted by Gasteiger charge is 2.11. The molecular weight excluding hydrogens is 453 g/mol. The molecule has 1 saturated carbocycles. The molecule has 0 saturated heterocycles. The molecule has 0 bridgehead atoms. The smallest absolute Gasteiger partial charge is 0.191 e. The molecule has 1 heterocycles. The van der Waals surface area contributed by atoms with Crippen LogP contribution in [-0.4, -0.2) is 48.1 Å². The van der Waals surface area contributed by atoms with Crippen LogP contribution in [0.3, 0.4) is 0 Å². The highest BCUT2D eigenvalue weighted by Crippen LogP contribution is 2.19. The molecule has 1 aromatic heterocycles. The van der Waals surface area contributed by atoms with Crippen molar-refractivity contribution in [2.45, 2.75) is 77.4 Å². The fraction of sp³-hybridized carbons (Fsp3) is 0.800. The van der Waals surface area contributed by atoms with Gasteiger partial charge in [0.1, 0.15) is 0 Å². The number of aryl methyl sites for hydroxylation is 1. The third kappa shape index (κ3) is 11.6. The Balaban J connectivity index is 0.00000364. The number of unbranched alkanes of at least 4 members (excludes halogenated alkanes) is 1. The van der Waals surface area contributed by atoms with E-state index in [1.165, 1.54) is 38.5 Å². The molecule has 2 N–H and O–H groups in total. The van der Waals surface area contributed by atoms with E-state index in [9.17, 15) is 0 Å². The molecule has 0 unspecified atom stereocenters. The van der Waals surface area contributed by atoms with Crippen LogP contribution in [0.2, 0.25) is 0 Å². The van der Waals surface area contributed by atoms with E-state index in [1.54, 1.807) is 0 Å². The van der Waals surface area contributed by atoms with Gasteiger partial charge in [-0.15, -0.1) is 24.0 Å². The minimum atomic E-state index is 0.